The zero-order valence-corrected chi connectivity index (χ0v) is 15.5. The highest BCUT2D eigenvalue weighted by Crippen LogP contribution is 2.26. The number of hydrogen-bond acceptors (Lipinski definition) is 4. The number of aromatic nitrogens is 1. The van der Waals surface area contributed by atoms with Gasteiger partial charge >= 0.3 is 0 Å². The van der Waals surface area contributed by atoms with E-state index >= 15 is 0 Å². The Balaban J connectivity index is 1.58. The molecule has 0 radical (unpaired) electrons. The molecule has 0 unspecified atom stereocenters. The predicted octanol–water partition coefficient (Wildman–Crippen LogP) is 5.24. The maximum absolute atomic E-state index is 12.0. The van der Waals surface area contributed by atoms with Gasteiger partial charge in [-0.3, -0.25) is 10.1 Å². The van der Waals surface area contributed by atoms with Crippen molar-refractivity contribution in [1.29, 1.82) is 0 Å². The van der Waals surface area contributed by atoms with E-state index in [1.54, 1.807) is 24.3 Å². The van der Waals surface area contributed by atoms with E-state index in [-0.39, 0.29) is 12.5 Å². The molecule has 4 nitrogen and oxygen atoms in total. The molecule has 1 amide bonds. The van der Waals surface area contributed by atoms with Gasteiger partial charge in [-0.1, -0.05) is 45.7 Å². The van der Waals surface area contributed by atoms with Gasteiger partial charge in [0.05, 0.1) is 5.69 Å². The molecule has 0 atom stereocenters. The number of nitrogens with one attached hydrogen (secondary N) is 1. The first-order chi connectivity index (χ1) is 11.6. The Hall–Kier alpha value is -1.89. The maximum Gasteiger partial charge on any atom is 0.264 e. The topological polar surface area (TPSA) is 51.2 Å². The van der Waals surface area contributed by atoms with E-state index in [2.05, 4.69) is 26.2 Å². The predicted molar refractivity (Wildman–Crippen MR) is 101 cm³/mol. The van der Waals surface area contributed by atoms with Crippen LogP contribution in [0.2, 0.25) is 5.02 Å². The number of benzene rings is 2. The standard InChI is InChI=1S/C17H12BrClN2O2S/c18-12-6-4-11(5-7-12)15-10-24-17(20-15)21-16(22)9-23-14-3-1-2-13(19)8-14/h1-8,10H,9H2,(H,20,21,22). The number of amides is 1. The molecule has 1 heterocycles. The van der Waals surface area contributed by atoms with Crippen LogP contribution in [0, 0.1) is 0 Å². The number of halogens is 2. The summed E-state index contributed by atoms with van der Waals surface area (Å²) >= 11 is 10.6. The van der Waals surface area contributed by atoms with Crippen molar-refractivity contribution in [3.8, 4) is 17.0 Å². The molecule has 0 saturated carbocycles. The van der Waals surface area contributed by atoms with E-state index < -0.39 is 0 Å². The molecule has 2 aromatic carbocycles. The summed E-state index contributed by atoms with van der Waals surface area (Å²) in [6, 6.07) is 14.7. The number of carbonyl (C=O) groups excluding carboxylic acids is 1. The summed E-state index contributed by atoms with van der Waals surface area (Å²) in [4.78, 5) is 16.4. The third kappa shape index (κ3) is 4.56. The summed E-state index contributed by atoms with van der Waals surface area (Å²) in [7, 11) is 0. The van der Waals surface area contributed by atoms with Gasteiger partial charge in [-0.25, -0.2) is 4.98 Å². The Morgan fingerprint density at radius 1 is 1.25 bits per heavy atom. The fourth-order valence-electron chi connectivity index (χ4n) is 1.95. The minimum absolute atomic E-state index is 0.104. The number of carbonyl (C=O) groups is 1. The largest absolute Gasteiger partial charge is 0.484 e. The third-order valence-corrected chi connectivity index (χ3v) is 4.58. The lowest BCUT2D eigenvalue weighted by atomic mass is 10.2. The van der Waals surface area contributed by atoms with E-state index in [1.165, 1.54) is 11.3 Å². The summed E-state index contributed by atoms with van der Waals surface area (Å²) in [6.45, 7) is -0.104. The molecule has 3 rings (SSSR count). The average Bonchev–Trinajstić information content (AvgIpc) is 3.02. The Labute approximate surface area is 156 Å². The number of anilines is 1. The van der Waals surface area contributed by atoms with Crippen molar-refractivity contribution >= 4 is 49.9 Å². The van der Waals surface area contributed by atoms with Crippen molar-refractivity contribution in [2.75, 3.05) is 11.9 Å². The molecule has 0 bridgehead atoms. The average molecular weight is 424 g/mol. The molecule has 122 valence electrons. The first-order valence-electron chi connectivity index (χ1n) is 7.00. The fourth-order valence-corrected chi connectivity index (χ4v) is 3.13. The molecule has 1 N–H and O–H groups in total. The van der Waals surface area contributed by atoms with Gasteiger partial charge in [-0.15, -0.1) is 11.3 Å². The first-order valence-corrected chi connectivity index (χ1v) is 9.05. The van der Waals surface area contributed by atoms with Crippen molar-refractivity contribution in [3.63, 3.8) is 0 Å². The minimum atomic E-state index is -0.272. The summed E-state index contributed by atoms with van der Waals surface area (Å²) in [6.07, 6.45) is 0. The van der Waals surface area contributed by atoms with Crippen LogP contribution in [0.15, 0.2) is 58.4 Å². The van der Waals surface area contributed by atoms with Crippen LogP contribution >= 0.6 is 38.9 Å². The van der Waals surface area contributed by atoms with E-state index in [9.17, 15) is 4.79 Å². The molecular formula is C17H12BrClN2O2S. The first kappa shape index (κ1) is 17.0. The molecule has 0 aliphatic rings. The van der Waals surface area contributed by atoms with Crippen LogP contribution in [0.4, 0.5) is 5.13 Å². The quantitative estimate of drug-likeness (QED) is 0.610. The maximum atomic E-state index is 12.0. The highest BCUT2D eigenvalue weighted by atomic mass is 79.9. The molecule has 0 fully saturated rings. The molecule has 1 aromatic heterocycles. The molecule has 0 spiro atoms. The number of thiazole rings is 1. The van der Waals surface area contributed by atoms with Crippen LogP contribution in [0.5, 0.6) is 5.75 Å². The summed E-state index contributed by atoms with van der Waals surface area (Å²) in [5, 5.41) is 5.73. The van der Waals surface area contributed by atoms with Crippen LogP contribution < -0.4 is 10.1 Å². The Kier molecular flexibility index (Phi) is 5.50. The highest BCUT2D eigenvalue weighted by molar-refractivity contribution is 9.10. The van der Waals surface area contributed by atoms with Crippen LogP contribution in [-0.2, 0) is 4.79 Å². The molecule has 7 heteroatoms. The van der Waals surface area contributed by atoms with Gasteiger partial charge in [0, 0.05) is 20.4 Å². The van der Waals surface area contributed by atoms with E-state index in [1.807, 2.05) is 29.6 Å². The Morgan fingerprint density at radius 3 is 2.79 bits per heavy atom. The summed E-state index contributed by atoms with van der Waals surface area (Å²) in [5.41, 5.74) is 1.81. The van der Waals surface area contributed by atoms with Gasteiger partial charge in [0.15, 0.2) is 11.7 Å². The lowest BCUT2D eigenvalue weighted by Crippen LogP contribution is -2.20. The Morgan fingerprint density at radius 2 is 2.04 bits per heavy atom. The number of hydrogen-bond donors (Lipinski definition) is 1. The van der Waals surface area contributed by atoms with Crippen molar-refractivity contribution in [2.24, 2.45) is 0 Å². The Bertz CT molecular complexity index is 852. The lowest BCUT2D eigenvalue weighted by molar-refractivity contribution is -0.118. The highest BCUT2D eigenvalue weighted by Gasteiger charge is 2.09. The monoisotopic (exact) mass is 422 g/mol. The lowest BCUT2D eigenvalue weighted by Gasteiger charge is -2.05. The van der Waals surface area contributed by atoms with Crippen LogP contribution in [0.3, 0.4) is 0 Å². The van der Waals surface area contributed by atoms with Crippen LogP contribution in [0.25, 0.3) is 11.3 Å². The zero-order chi connectivity index (χ0) is 16.9. The fraction of sp³-hybridized carbons (Fsp3) is 0.0588. The third-order valence-electron chi connectivity index (χ3n) is 3.06. The van der Waals surface area contributed by atoms with Gasteiger partial charge in [0.25, 0.3) is 5.91 Å². The number of nitrogens with zero attached hydrogens (tertiary/aromatic N) is 1. The van der Waals surface area contributed by atoms with Crippen LogP contribution in [-0.4, -0.2) is 17.5 Å². The molecule has 0 aliphatic carbocycles. The van der Waals surface area contributed by atoms with Gasteiger partial charge in [0.2, 0.25) is 0 Å². The molecule has 0 aliphatic heterocycles. The minimum Gasteiger partial charge on any atom is -0.484 e. The SMILES string of the molecule is O=C(COc1cccc(Cl)c1)Nc1nc(-c2ccc(Br)cc2)cs1. The van der Waals surface area contributed by atoms with E-state index in [4.69, 9.17) is 16.3 Å². The van der Waals surface area contributed by atoms with Crippen molar-refractivity contribution in [3.05, 3.63) is 63.4 Å². The van der Waals surface area contributed by atoms with Gasteiger partial charge in [-0.05, 0) is 30.3 Å². The molecule has 24 heavy (non-hydrogen) atoms. The number of ether oxygens (including phenoxy) is 1. The van der Waals surface area contributed by atoms with Gasteiger partial charge < -0.3 is 4.74 Å². The molecule has 0 saturated heterocycles. The van der Waals surface area contributed by atoms with Gasteiger partial charge in [-0.2, -0.15) is 0 Å². The summed E-state index contributed by atoms with van der Waals surface area (Å²) < 4.78 is 6.41. The number of rotatable bonds is 5. The van der Waals surface area contributed by atoms with Crippen LogP contribution in [0.1, 0.15) is 0 Å². The van der Waals surface area contributed by atoms with Crippen molar-refractivity contribution < 1.29 is 9.53 Å². The second-order valence-corrected chi connectivity index (χ2v) is 7.05. The normalized spacial score (nSPS) is 10.4. The molecule has 3 aromatic rings. The summed E-state index contributed by atoms with van der Waals surface area (Å²) in [5.74, 6) is 0.277. The van der Waals surface area contributed by atoms with E-state index in [0.717, 1.165) is 15.7 Å². The van der Waals surface area contributed by atoms with E-state index in [0.29, 0.717) is 15.9 Å². The van der Waals surface area contributed by atoms with Gasteiger partial charge in [0.1, 0.15) is 5.75 Å². The smallest absolute Gasteiger partial charge is 0.264 e. The second kappa shape index (κ2) is 7.79. The zero-order valence-electron chi connectivity index (χ0n) is 12.3. The van der Waals surface area contributed by atoms with Crippen molar-refractivity contribution in [1.82, 2.24) is 4.98 Å². The van der Waals surface area contributed by atoms with Crippen molar-refractivity contribution in [2.45, 2.75) is 0 Å². The second-order valence-electron chi connectivity index (χ2n) is 4.84. The molecular weight excluding hydrogens is 412 g/mol.